The molecule has 0 radical (unpaired) electrons. The fraction of sp³-hybridized carbons (Fsp3) is 0.167. The van der Waals surface area contributed by atoms with Gasteiger partial charge in [-0.05, 0) is 23.8 Å². The number of anilines is 1. The maximum absolute atomic E-state index is 14.5. The van der Waals surface area contributed by atoms with Gasteiger partial charge in [-0.3, -0.25) is 9.48 Å². The van der Waals surface area contributed by atoms with Gasteiger partial charge in [0.1, 0.15) is 23.1 Å². The molecule has 3 aromatic rings. The lowest BCUT2D eigenvalue weighted by Crippen LogP contribution is -2.25. The van der Waals surface area contributed by atoms with Crippen LogP contribution in [0.15, 0.2) is 36.7 Å². The quantitative estimate of drug-likeness (QED) is 0.783. The molecule has 1 aliphatic heterocycles. The molecule has 26 heavy (non-hydrogen) atoms. The minimum atomic E-state index is -0.708. The van der Waals surface area contributed by atoms with Crippen molar-refractivity contribution in [2.45, 2.75) is 13.1 Å². The first-order chi connectivity index (χ1) is 12.4. The number of pyridine rings is 1. The largest absolute Gasteiger partial charge is 0.384 e. The Morgan fingerprint density at radius 2 is 1.92 bits per heavy atom. The zero-order chi connectivity index (χ0) is 18.4. The summed E-state index contributed by atoms with van der Waals surface area (Å²) in [5.74, 6) is -1.57. The van der Waals surface area contributed by atoms with E-state index in [0.717, 1.165) is 0 Å². The third-order valence-electron chi connectivity index (χ3n) is 4.38. The van der Waals surface area contributed by atoms with Gasteiger partial charge in [0.15, 0.2) is 0 Å². The topological polar surface area (TPSA) is 77.0 Å². The Kier molecular flexibility index (Phi) is 3.68. The van der Waals surface area contributed by atoms with Crippen molar-refractivity contribution in [2.75, 3.05) is 5.73 Å². The lowest BCUT2D eigenvalue weighted by molar-refractivity contribution is 0.0759. The molecule has 0 spiro atoms. The zero-order valence-electron chi connectivity index (χ0n) is 13.9. The van der Waals surface area contributed by atoms with Crippen LogP contribution in [0.3, 0.4) is 0 Å². The van der Waals surface area contributed by atoms with E-state index in [0.29, 0.717) is 16.7 Å². The second-order valence-corrected chi connectivity index (χ2v) is 6.23. The molecule has 8 heteroatoms. The van der Waals surface area contributed by atoms with Crippen molar-refractivity contribution in [3.8, 4) is 11.1 Å². The van der Waals surface area contributed by atoms with E-state index in [1.165, 1.54) is 23.2 Å². The molecule has 0 unspecified atom stereocenters. The molecule has 0 bridgehead atoms. The third kappa shape index (κ3) is 2.69. The third-order valence-corrected chi connectivity index (χ3v) is 4.38. The van der Waals surface area contributed by atoms with E-state index >= 15 is 0 Å². The molecule has 1 amide bonds. The first kappa shape index (κ1) is 16.2. The normalized spacial score (nSPS) is 13.3. The molecule has 0 fully saturated rings. The molecule has 132 valence electrons. The van der Waals surface area contributed by atoms with E-state index < -0.39 is 11.6 Å². The SMILES string of the molecule is Cn1cc(-c2cc(F)c(CN3Cc4ccc(N)nc4C3=O)c(F)c2)cn1. The molecule has 3 heterocycles. The predicted octanol–water partition coefficient (Wildman–Crippen LogP) is 2.50. The number of hydrogen-bond acceptors (Lipinski definition) is 4. The Morgan fingerprint density at radius 3 is 2.58 bits per heavy atom. The van der Waals surface area contributed by atoms with Crippen molar-refractivity contribution in [2.24, 2.45) is 7.05 Å². The summed E-state index contributed by atoms with van der Waals surface area (Å²) in [6.07, 6.45) is 3.20. The van der Waals surface area contributed by atoms with Crippen LogP contribution in [0.2, 0.25) is 0 Å². The van der Waals surface area contributed by atoms with Crippen LogP contribution in [0.25, 0.3) is 11.1 Å². The van der Waals surface area contributed by atoms with Crippen LogP contribution in [0.4, 0.5) is 14.6 Å². The van der Waals surface area contributed by atoms with E-state index in [4.69, 9.17) is 5.73 Å². The molecule has 0 aliphatic carbocycles. The first-order valence-electron chi connectivity index (χ1n) is 7.94. The number of hydrogen-bond donors (Lipinski definition) is 1. The fourth-order valence-corrected chi connectivity index (χ4v) is 3.05. The van der Waals surface area contributed by atoms with Crippen molar-refractivity contribution in [3.05, 3.63) is 65.1 Å². The van der Waals surface area contributed by atoms with Crippen molar-refractivity contribution >= 4 is 11.7 Å². The molecule has 2 aromatic heterocycles. The lowest BCUT2D eigenvalue weighted by Gasteiger charge is -2.17. The number of nitrogens with two attached hydrogens (primary N) is 1. The Bertz CT molecular complexity index is 1010. The molecule has 4 rings (SSSR count). The molecule has 1 aromatic carbocycles. The molecule has 6 nitrogen and oxygen atoms in total. The van der Waals surface area contributed by atoms with E-state index in [1.54, 1.807) is 30.1 Å². The number of carbonyl (C=O) groups excluding carboxylic acids is 1. The molecule has 0 saturated heterocycles. The van der Waals surface area contributed by atoms with Crippen LogP contribution in [0.1, 0.15) is 21.6 Å². The van der Waals surface area contributed by atoms with Gasteiger partial charge in [-0.25, -0.2) is 13.8 Å². The minimum absolute atomic E-state index is 0.160. The second kappa shape index (κ2) is 5.91. The molecule has 2 N–H and O–H groups in total. The molecular weight excluding hydrogens is 340 g/mol. The van der Waals surface area contributed by atoms with E-state index in [2.05, 4.69) is 10.1 Å². The number of aromatic nitrogens is 3. The van der Waals surface area contributed by atoms with Gasteiger partial charge < -0.3 is 10.6 Å². The number of rotatable bonds is 3. The Balaban J connectivity index is 1.62. The predicted molar refractivity (Wildman–Crippen MR) is 90.8 cm³/mol. The summed E-state index contributed by atoms with van der Waals surface area (Å²) in [4.78, 5) is 17.8. The van der Waals surface area contributed by atoms with Crippen LogP contribution in [-0.2, 0) is 20.1 Å². The Hall–Kier alpha value is -3.29. The van der Waals surface area contributed by atoms with Crippen LogP contribution in [0, 0.1) is 11.6 Å². The van der Waals surface area contributed by atoms with Crippen LogP contribution in [0.5, 0.6) is 0 Å². The van der Waals surface area contributed by atoms with Gasteiger partial charge in [0.25, 0.3) is 5.91 Å². The summed E-state index contributed by atoms with van der Waals surface area (Å²) >= 11 is 0. The van der Waals surface area contributed by atoms with Gasteiger partial charge in [0.05, 0.1) is 12.7 Å². The van der Waals surface area contributed by atoms with E-state index in [-0.39, 0.29) is 36.1 Å². The van der Waals surface area contributed by atoms with Gasteiger partial charge in [-0.2, -0.15) is 5.10 Å². The summed E-state index contributed by atoms with van der Waals surface area (Å²) in [7, 11) is 1.72. The van der Waals surface area contributed by atoms with Crippen molar-refractivity contribution in [3.63, 3.8) is 0 Å². The standard InChI is InChI=1S/C18H15F2N5O/c1-24-7-12(6-22-24)11-4-14(19)13(15(20)5-11)9-25-8-10-2-3-16(21)23-17(10)18(25)26/h2-7H,8-9H2,1H3,(H2,21,23). The minimum Gasteiger partial charge on any atom is -0.384 e. The average molecular weight is 355 g/mol. The zero-order valence-corrected chi connectivity index (χ0v) is 13.9. The van der Waals surface area contributed by atoms with Crippen molar-refractivity contribution in [1.29, 1.82) is 0 Å². The van der Waals surface area contributed by atoms with Crippen LogP contribution >= 0.6 is 0 Å². The maximum Gasteiger partial charge on any atom is 0.273 e. The van der Waals surface area contributed by atoms with Gasteiger partial charge in [0, 0.05) is 36.5 Å². The van der Waals surface area contributed by atoms with Gasteiger partial charge in [-0.15, -0.1) is 0 Å². The van der Waals surface area contributed by atoms with Gasteiger partial charge in [-0.1, -0.05) is 6.07 Å². The van der Waals surface area contributed by atoms with E-state index in [9.17, 15) is 13.6 Å². The summed E-state index contributed by atoms with van der Waals surface area (Å²) in [6, 6.07) is 5.80. The number of carbonyl (C=O) groups is 1. The number of nitrogens with zero attached hydrogens (tertiary/aromatic N) is 4. The summed E-state index contributed by atoms with van der Waals surface area (Å²) < 4.78 is 30.6. The van der Waals surface area contributed by atoms with Crippen molar-refractivity contribution in [1.82, 2.24) is 19.7 Å². The maximum atomic E-state index is 14.5. The summed E-state index contributed by atoms with van der Waals surface area (Å²) in [5.41, 5.74) is 7.37. The number of nitrogen functional groups attached to an aromatic ring is 1. The highest BCUT2D eigenvalue weighted by atomic mass is 19.1. The average Bonchev–Trinajstić information content (AvgIpc) is 3.15. The van der Waals surface area contributed by atoms with Crippen molar-refractivity contribution < 1.29 is 13.6 Å². The van der Waals surface area contributed by atoms with Gasteiger partial charge >= 0.3 is 0 Å². The summed E-state index contributed by atoms with van der Waals surface area (Å²) in [5, 5.41) is 4.00. The number of aryl methyl sites for hydroxylation is 1. The highest BCUT2D eigenvalue weighted by Gasteiger charge is 2.30. The number of benzene rings is 1. The fourth-order valence-electron chi connectivity index (χ4n) is 3.05. The second-order valence-electron chi connectivity index (χ2n) is 6.23. The molecule has 0 saturated carbocycles. The molecule has 1 aliphatic rings. The smallest absolute Gasteiger partial charge is 0.273 e. The number of amides is 1. The first-order valence-corrected chi connectivity index (χ1v) is 7.94. The highest BCUT2D eigenvalue weighted by Crippen LogP contribution is 2.28. The number of fused-ring (bicyclic) bond motifs is 1. The molecular formula is C18H15F2N5O. The monoisotopic (exact) mass is 355 g/mol. The Morgan fingerprint density at radius 1 is 1.19 bits per heavy atom. The van der Waals surface area contributed by atoms with Crippen LogP contribution < -0.4 is 5.73 Å². The van der Waals surface area contributed by atoms with E-state index in [1.807, 2.05) is 0 Å². The van der Waals surface area contributed by atoms with Gasteiger partial charge in [0.2, 0.25) is 0 Å². The Labute approximate surface area is 147 Å². The highest BCUT2D eigenvalue weighted by molar-refractivity contribution is 5.96. The molecule has 0 atom stereocenters. The number of halogens is 2. The summed E-state index contributed by atoms with van der Waals surface area (Å²) in [6.45, 7) is 0.0603. The van der Waals surface area contributed by atoms with Crippen LogP contribution in [-0.4, -0.2) is 25.6 Å². The lowest BCUT2D eigenvalue weighted by atomic mass is 10.1.